The first-order valence-electron chi connectivity index (χ1n) is 7.61. The fourth-order valence-corrected chi connectivity index (χ4v) is 2.80. The molecule has 1 fully saturated rings. The van der Waals surface area contributed by atoms with Crippen molar-refractivity contribution in [1.29, 1.82) is 0 Å². The van der Waals surface area contributed by atoms with Crippen LogP contribution in [0.1, 0.15) is 19.2 Å². The Kier molecular flexibility index (Phi) is 4.53. The van der Waals surface area contributed by atoms with Gasteiger partial charge in [0.05, 0.1) is 37.0 Å². The van der Waals surface area contributed by atoms with Gasteiger partial charge in [0, 0.05) is 13.0 Å². The largest absolute Gasteiger partial charge is 0.390 e. The zero-order valence-corrected chi connectivity index (χ0v) is 12.4. The van der Waals surface area contributed by atoms with Crippen molar-refractivity contribution in [2.45, 2.75) is 38.5 Å². The van der Waals surface area contributed by atoms with Gasteiger partial charge in [-0.3, -0.25) is 0 Å². The molecule has 1 N–H and O–H groups in total. The van der Waals surface area contributed by atoms with Gasteiger partial charge in [-0.1, -0.05) is 19.1 Å². The van der Waals surface area contributed by atoms with E-state index in [0.717, 1.165) is 29.8 Å². The number of hydrogen-bond acceptors (Lipinski definition) is 4. The van der Waals surface area contributed by atoms with Crippen molar-refractivity contribution in [3.8, 4) is 0 Å². The van der Waals surface area contributed by atoms with E-state index in [1.54, 1.807) is 0 Å². The highest BCUT2D eigenvalue weighted by atomic mass is 16.6. The van der Waals surface area contributed by atoms with Crippen molar-refractivity contribution >= 4 is 11.0 Å². The summed E-state index contributed by atoms with van der Waals surface area (Å²) in [7, 11) is 0. The second-order valence-electron chi connectivity index (χ2n) is 5.42. The number of fused-ring (bicyclic) bond motifs is 1. The Bertz CT molecular complexity index is 590. The highest BCUT2D eigenvalue weighted by Crippen LogP contribution is 2.19. The van der Waals surface area contributed by atoms with E-state index < -0.39 is 6.10 Å². The van der Waals surface area contributed by atoms with Crippen LogP contribution in [0, 0.1) is 0 Å². The Morgan fingerprint density at radius 2 is 2.24 bits per heavy atom. The number of ether oxygens (including phenoxy) is 2. The third-order valence-electron chi connectivity index (χ3n) is 3.84. The summed E-state index contributed by atoms with van der Waals surface area (Å²) in [4.78, 5) is 4.67. The minimum Gasteiger partial charge on any atom is -0.390 e. The fourth-order valence-electron chi connectivity index (χ4n) is 2.80. The Balaban J connectivity index is 1.83. The van der Waals surface area contributed by atoms with Gasteiger partial charge in [-0.05, 0) is 18.6 Å². The van der Waals surface area contributed by atoms with Crippen LogP contribution < -0.4 is 0 Å². The summed E-state index contributed by atoms with van der Waals surface area (Å²) >= 11 is 0. The monoisotopic (exact) mass is 290 g/mol. The lowest BCUT2D eigenvalue weighted by Gasteiger charge is -2.27. The molecule has 2 aromatic rings. The van der Waals surface area contributed by atoms with Gasteiger partial charge in [-0.15, -0.1) is 0 Å². The molecule has 114 valence electrons. The maximum absolute atomic E-state index is 10.4. The number of aliphatic hydroxyl groups excluding tert-OH is 1. The SMILES string of the molecule is CCCn1c(CC(O)C2COCCO2)nc2ccccc21. The first kappa shape index (κ1) is 14.5. The molecule has 5 nitrogen and oxygen atoms in total. The zero-order chi connectivity index (χ0) is 14.7. The maximum Gasteiger partial charge on any atom is 0.112 e. The predicted molar refractivity (Wildman–Crippen MR) is 80.3 cm³/mol. The standard InChI is InChI=1S/C16H22N2O3/c1-2-7-18-13-6-4-3-5-12(13)17-16(18)10-14(19)15-11-20-8-9-21-15/h3-6,14-15,19H,2,7-11H2,1H3. The average Bonchev–Trinajstić information content (AvgIpc) is 2.86. The normalized spacial score (nSPS) is 20.8. The molecular weight excluding hydrogens is 268 g/mol. The number of imidazole rings is 1. The number of nitrogens with zero attached hydrogens (tertiary/aromatic N) is 2. The smallest absolute Gasteiger partial charge is 0.112 e. The molecule has 0 bridgehead atoms. The van der Waals surface area contributed by atoms with Crippen LogP contribution in [-0.4, -0.2) is 46.7 Å². The number of rotatable bonds is 5. The molecule has 5 heteroatoms. The highest BCUT2D eigenvalue weighted by Gasteiger charge is 2.25. The maximum atomic E-state index is 10.4. The molecule has 0 amide bonds. The van der Waals surface area contributed by atoms with Crippen molar-refractivity contribution in [3.05, 3.63) is 30.1 Å². The van der Waals surface area contributed by atoms with Crippen molar-refractivity contribution in [2.75, 3.05) is 19.8 Å². The summed E-state index contributed by atoms with van der Waals surface area (Å²) in [6.45, 7) is 4.66. The van der Waals surface area contributed by atoms with E-state index in [1.165, 1.54) is 0 Å². The number of para-hydroxylation sites is 2. The first-order chi connectivity index (χ1) is 10.3. The molecule has 0 radical (unpaired) electrons. The molecule has 1 aliphatic rings. The van der Waals surface area contributed by atoms with Crippen LogP contribution in [-0.2, 0) is 22.4 Å². The first-order valence-corrected chi connectivity index (χ1v) is 7.61. The van der Waals surface area contributed by atoms with Gasteiger partial charge in [0.1, 0.15) is 11.9 Å². The van der Waals surface area contributed by atoms with E-state index in [9.17, 15) is 5.11 Å². The van der Waals surface area contributed by atoms with Crippen LogP contribution in [0.3, 0.4) is 0 Å². The second kappa shape index (κ2) is 6.56. The van der Waals surface area contributed by atoms with Crippen LogP contribution >= 0.6 is 0 Å². The summed E-state index contributed by atoms with van der Waals surface area (Å²) < 4.78 is 13.1. The van der Waals surface area contributed by atoms with Crippen LogP contribution in [0.5, 0.6) is 0 Å². The van der Waals surface area contributed by atoms with E-state index in [1.807, 2.05) is 18.2 Å². The van der Waals surface area contributed by atoms with Crippen LogP contribution in [0.25, 0.3) is 11.0 Å². The van der Waals surface area contributed by atoms with E-state index in [0.29, 0.717) is 26.2 Å². The Labute approximate surface area is 124 Å². The van der Waals surface area contributed by atoms with Crippen molar-refractivity contribution in [1.82, 2.24) is 9.55 Å². The number of benzene rings is 1. The quantitative estimate of drug-likeness (QED) is 0.911. The summed E-state index contributed by atoms with van der Waals surface area (Å²) in [5.41, 5.74) is 2.11. The van der Waals surface area contributed by atoms with Crippen molar-refractivity contribution < 1.29 is 14.6 Å². The Morgan fingerprint density at radius 1 is 1.38 bits per heavy atom. The lowest BCUT2D eigenvalue weighted by Crippen LogP contribution is -2.40. The summed E-state index contributed by atoms with van der Waals surface area (Å²) in [5, 5.41) is 10.4. The molecule has 0 aliphatic carbocycles. The van der Waals surface area contributed by atoms with Gasteiger partial charge in [0.15, 0.2) is 0 Å². The summed E-state index contributed by atoms with van der Waals surface area (Å²) in [6, 6.07) is 8.10. The lowest BCUT2D eigenvalue weighted by atomic mass is 10.1. The molecule has 0 spiro atoms. The lowest BCUT2D eigenvalue weighted by molar-refractivity contribution is -0.131. The van der Waals surface area contributed by atoms with Gasteiger partial charge >= 0.3 is 0 Å². The molecule has 1 aromatic carbocycles. The third-order valence-corrected chi connectivity index (χ3v) is 3.84. The van der Waals surface area contributed by atoms with E-state index >= 15 is 0 Å². The topological polar surface area (TPSA) is 56.5 Å². The van der Waals surface area contributed by atoms with Gasteiger partial charge in [0.2, 0.25) is 0 Å². The van der Waals surface area contributed by atoms with Gasteiger partial charge in [-0.2, -0.15) is 0 Å². The van der Waals surface area contributed by atoms with Gasteiger partial charge in [-0.25, -0.2) is 4.98 Å². The number of aliphatic hydroxyl groups is 1. The average molecular weight is 290 g/mol. The predicted octanol–water partition coefficient (Wildman–Crippen LogP) is 1.77. The number of aromatic nitrogens is 2. The number of aryl methyl sites for hydroxylation is 1. The molecule has 1 aromatic heterocycles. The van der Waals surface area contributed by atoms with Gasteiger partial charge < -0.3 is 19.1 Å². The second-order valence-corrected chi connectivity index (χ2v) is 5.42. The molecular formula is C16H22N2O3. The number of hydrogen-bond donors (Lipinski definition) is 1. The molecule has 1 aliphatic heterocycles. The molecule has 0 saturated carbocycles. The van der Waals surface area contributed by atoms with E-state index in [2.05, 4.69) is 22.5 Å². The zero-order valence-electron chi connectivity index (χ0n) is 12.4. The van der Waals surface area contributed by atoms with Crippen molar-refractivity contribution in [3.63, 3.8) is 0 Å². The van der Waals surface area contributed by atoms with Crippen molar-refractivity contribution in [2.24, 2.45) is 0 Å². The fraction of sp³-hybridized carbons (Fsp3) is 0.562. The molecule has 2 heterocycles. The summed E-state index contributed by atoms with van der Waals surface area (Å²) in [6.07, 6.45) is 0.682. The molecule has 2 atom stereocenters. The van der Waals surface area contributed by atoms with Crippen LogP contribution in [0.4, 0.5) is 0 Å². The molecule has 21 heavy (non-hydrogen) atoms. The molecule has 2 unspecified atom stereocenters. The minimum atomic E-state index is -0.585. The van der Waals surface area contributed by atoms with E-state index in [4.69, 9.17) is 9.47 Å². The van der Waals surface area contributed by atoms with E-state index in [-0.39, 0.29) is 6.10 Å². The highest BCUT2D eigenvalue weighted by molar-refractivity contribution is 5.75. The minimum absolute atomic E-state index is 0.256. The van der Waals surface area contributed by atoms with Gasteiger partial charge in [0.25, 0.3) is 0 Å². The van der Waals surface area contributed by atoms with Crippen LogP contribution in [0.15, 0.2) is 24.3 Å². The Morgan fingerprint density at radius 3 is 3.00 bits per heavy atom. The third kappa shape index (κ3) is 3.10. The Hall–Kier alpha value is -1.43. The van der Waals surface area contributed by atoms with Crippen LogP contribution in [0.2, 0.25) is 0 Å². The molecule has 1 saturated heterocycles. The molecule has 3 rings (SSSR count). The summed E-state index contributed by atoms with van der Waals surface area (Å²) in [5.74, 6) is 0.916.